The molecule has 23 heavy (non-hydrogen) atoms. The Bertz CT molecular complexity index is 272. The smallest absolute Gasteiger partial charge is 0.301 e. The highest BCUT2D eigenvalue weighted by atomic mass is 16.9. The minimum Gasteiger partial charge on any atom is -0.329 e. The molecule has 0 rings (SSSR count). The summed E-state index contributed by atoms with van der Waals surface area (Å²) < 4.78 is 17.2. The van der Waals surface area contributed by atoms with E-state index in [-0.39, 0.29) is 5.54 Å². The fourth-order valence-electron chi connectivity index (χ4n) is 3.73. The van der Waals surface area contributed by atoms with Crippen molar-refractivity contribution in [3.8, 4) is 0 Å². The normalized spacial score (nSPS) is 15.1. The molecule has 0 aromatic heterocycles. The van der Waals surface area contributed by atoms with Crippen LogP contribution in [0.4, 0.5) is 0 Å². The average molecular weight is 332 g/mol. The minimum atomic E-state index is -1.04. The summed E-state index contributed by atoms with van der Waals surface area (Å²) in [6.07, 6.45) is 9.60. The number of likely N-dealkylation sites (N-methyl/N-ethyl adjacent to an activating group) is 1. The van der Waals surface area contributed by atoms with E-state index >= 15 is 0 Å². The molecule has 0 aliphatic carbocycles. The van der Waals surface area contributed by atoms with Gasteiger partial charge in [0.25, 0.3) is 0 Å². The molecule has 0 fully saturated rings. The highest BCUT2D eigenvalue weighted by Gasteiger charge is 2.53. The first-order valence-electron chi connectivity index (χ1n) is 9.37. The molecule has 0 saturated heterocycles. The van der Waals surface area contributed by atoms with Crippen LogP contribution < -0.4 is 5.32 Å². The lowest BCUT2D eigenvalue weighted by molar-refractivity contribution is -0.392. The number of nitrogens with one attached hydrogen (secondary N) is 1. The summed E-state index contributed by atoms with van der Waals surface area (Å²) in [6.45, 7) is 9.71. The summed E-state index contributed by atoms with van der Waals surface area (Å²) >= 11 is 0. The van der Waals surface area contributed by atoms with Crippen LogP contribution in [-0.2, 0) is 14.2 Å². The van der Waals surface area contributed by atoms with Crippen molar-refractivity contribution in [1.29, 1.82) is 0 Å². The van der Waals surface area contributed by atoms with Crippen LogP contribution in [0.15, 0.2) is 0 Å². The van der Waals surface area contributed by atoms with E-state index in [1.165, 1.54) is 32.1 Å². The van der Waals surface area contributed by atoms with Crippen LogP contribution in [0.25, 0.3) is 0 Å². The number of hydrogen-bond donors (Lipinski definition) is 1. The van der Waals surface area contributed by atoms with Crippen molar-refractivity contribution in [2.24, 2.45) is 5.92 Å². The topological polar surface area (TPSA) is 39.7 Å². The monoisotopic (exact) mass is 331 g/mol. The molecule has 0 spiro atoms. The highest BCUT2D eigenvalue weighted by Crippen LogP contribution is 2.38. The maximum atomic E-state index is 5.74. The van der Waals surface area contributed by atoms with E-state index in [4.69, 9.17) is 14.2 Å². The van der Waals surface area contributed by atoms with Crippen LogP contribution in [-0.4, -0.2) is 39.4 Å². The van der Waals surface area contributed by atoms with Crippen molar-refractivity contribution in [2.75, 3.05) is 27.9 Å². The van der Waals surface area contributed by atoms with Crippen LogP contribution in [0.5, 0.6) is 0 Å². The van der Waals surface area contributed by atoms with E-state index in [2.05, 4.69) is 33.0 Å². The third kappa shape index (κ3) is 6.69. The van der Waals surface area contributed by atoms with Gasteiger partial charge in [-0.2, -0.15) is 0 Å². The lowest BCUT2D eigenvalue weighted by Crippen LogP contribution is -2.66. The Morgan fingerprint density at radius 2 is 1.35 bits per heavy atom. The van der Waals surface area contributed by atoms with E-state index in [1.807, 2.05) is 0 Å². The highest BCUT2D eigenvalue weighted by molar-refractivity contribution is 4.97. The molecule has 0 saturated carbocycles. The molecule has 0 aromatic carbocycles. The second-order valence-electron chi connectivity index (χ2n) is 6.90. The Morgan fingerprint density at radius 3 is 1.78 bits per heavy atom. The molecule has 0 bridgehead atoms. The molecule has 0 amide bonds. The van der Waals surface area contributed by atoms with Gasteiger partial charge < -0.3 is 19.5 Å². The van der Waals surface area contributed by atoms with E-state index in [9.17, 15) is 0 Å². The van der Waals surface area contributed by atoms with Crippen molar-refractivity contribution in [1.82, 2.24) is 5.32 Å². The molecule has 0 aromatic rings. The van der Waals surface area contributed by atoms with Crippen molar-refractivity contribution in [3.05, 3.63) is 0 Å². The lowest BCUT2D eigenvalue weighted by Gasteiger charge is -2.48. The van der Waals surface area contributed by atoms with Gasteiger partial charge in [-0.15, -0.1) is 0 Å². The van der Waals surface area contributed by atoms with Gasteiger partial charge in [-0.05, 0) is 25.3 Å². The SMILES string of the molecule is CCCCCCCCC(CC(C)C)(NCC)C(OC)(OC)OC. The summed E-state index contributed by atoms with van der Waals surface area (Å²) in [6, 6.07) is 0. The van der Waals surface area contributed by atoms with Crippen molar-refractivity contribution >= 4 is 0 Å². The van der Waals surface area contributed by atoms with Crippen LogP contribution in [0.1, 0.15) is 79.1 Å². The Labute approximate surface area is 144 Å². The molecule has 4 heteroatoms. The van der Waals surface area contributed by atoms with Crippen LogP contribution >= 0.6 is 0 Å². The zero-order valence-corrected chi connectivity index (χ0v) is 16.7. The molecule has 140 valence electrons. The largest absolute Gasteiger partial charge is 0.329 e. The van der Waals surface area contributed by atoms with Crippen molar-refractivity contribution in [2.45, 2.75) is 90.6 Å². The van der Waals surface area contributed by atoms with E-state index in [0.29, 0.717) is 5.92 Å². The summed E-state index contributed by atoms with van der Waals surface area (Å²) in [5.41, 5.74) is -0.334. The molecule has 0 aliphatic heterocycles. The van der Waals surface area contributed by atoms with Gasteiger partial charge in [-0.3, -0.25) is 0 Å². The molecule has 0 aliphatic rings. The molecular formula is C19H41NO3. The van der Waals surface area contributed by atoms with Gasteiger partial charge in [-0.25, -0.2) is 0 Å². The second-order valence-corrected chi connectivity index (χ2v) is 6.90. The molecule has 1 atom stereocenters. The first kappa shape index (κ1) is 22.8. The van der Waals surface area contributed by atoms with Crippen LogP contribution in [0.3, 0.4) is 0 Å². The van der Waals surface area contributed by atoms with Crippen molar-refractivity contribution < 1.29 is 14.2 Å². The fraction of sp³-hybridized carbons (Fsp3) is 1.00. The fourth-order valence-corrected chi connectivity index (χ4v) is 3.73. The standard InChI is InChI=1S/C19H41NO3/c1-8-10-11-12-13-14-15-18(20-9-2,16-17(3)4)19(21-5,22-6)23-7/h17,20H,8-16H2,1-7H3. The van der Waals surface area contributed by atoms with Gasteiger partial charge in [0.05, 0.1) is 0 Å². The van der Waals surface area contributed by atoms with Gasteiger partial charge >= 0.3 is 5.97 Å². The predicted molar refractivity (Wildman–Crippen MR) is 97.6 cm³/mol. The molecule has 1 N–H and O–H groups in total. The number of ether oxygens (including phenoxy) is 3. The molecule has 0 heterocycles. The summed E-state index contributed by atoms with van der Waals surface area (Å²) in [4.78, 5) is 0. The Balaban J connectivity index is 5.09. The Kier molecular flexibility index (Phi) is 12.2. The number of rotatable bonds is 15. The van der Waals surface area contributed by atoms with Crippen LogP contribution in [0.2, 0.25) is 0 Å². The maximum absolute atomic E-state index is 5.74. The first-order chi connectivity index (χ1) is 11.0. The summed E-state index contributed by atoms with van der Waals surface area (Å²) in [5.74, 6) is -0.523. The summed E-state index contributed by atoms with van der Waals surface area (Å²) in [5, 5.41) is 3.65. The third-order valence-corrected chi connectivity index (χ3v) is 4.62. The maximum Gasteiger partial charge on any atom is 0.301 e. The van der Waals surface area contributed by atoms with Crippen LogP contribution in [0, 0.1) is 5.92 Å². The van der Waals surface area contributed by atoms with Gasteiger partial charge in [0.1, 0.15) is 5.54 Å². The third-order valence-electron chi connectivity index (χ3n) is 4.62. The average Bonchev–Trinajstić information content (AvgIpc) is 2.52. The van der Waals surface area contributed by atoms with E-state index in [1.54, 1.807) is 21.3 Å². The Morgan fingerprint density at radius 1 is 0.826 bits per heavy atom. The van der Waals surface area contributed by atoms with Gasteiger partial charge in [0.2, 0.25) is 0 Å². The minimum absolute atomic E-state index is 0.334. The van der Waals surface area contributed by atoms with E-state index in [0.717, 1.165) is 25.8 Å². The quantitative estimate of drug-likeness (QED) is 0.348. The summed E-state index contributed by atoms with van der Waals surface area (Å²) in [7, 11) is 5.00. The van der Waals surface area contributed by atoms with Crippen molar-refractivity contribution in [3.63, 3.8) is 0 Å². The molecule has 4 nitrogen and oxygen atoms in total. The van der Waals surface area contributed by atoms with Gasteiger partial charge in [-0.1, -0.05) is 66.2 Å². The first-order valence-corrected chi connectivity index (χ1v) is 9.37. The number of methoxy groups -OCH3 is 3. The zero-order chi connectivity index (χ0) is 17.8. The predicted octanol–water partition coefficient (Wildman–Crippen LogP) is 4.72. The molecular weight excluding hydrogens is 290 g/mol. The van der Waals surface area contributed by atoms with Gasteiger partial charge in [0, 0.05) is 21.3 Å². The lowest BCUT2D eigenvalue weighted by atomic mass is 9.81. The molecule has 0 radical (unpaired) electrons. The number of hydrogen-bond acceptors (Lipinski definition) is 4. The van der Waals surface area contributed by atoms with E-state index < -0.39 is 5.97 Å². The zero-order valence-electron chi connectivity index (χ0n) is 16.7. The van der Waals surface area contributed by atoms with Gasteiger partial charge in [0.15, 0.2) is 0 Å². The molecule has 1 unspecified atom stereocenters. The number of unbranched alkanes of at least 4 members (excludes halogenated alkanes) is 5. The second kappa shape index (κ2) is 12.2. The Hall–Kier alpha value is -0.160.